The number of nitrogens with two attached hydrogens (primary N) is 1. The van der Waals surface area contributed by atoms with Crippen molar-refractivity contribution in [3.05, 3.63) is 41.7 Å². The summed E-state index contributed by atoms with van der Waals surface area (Å²) < 4.78 is 31.7. The summed E-state index contributed by atoms with van der Waals surface area (Å²) in [5, 5.41) is 2.15. The van der Waals surface area contributed by atoms with Gasteiger partial charge in [0.25, 0.3) is 0 Å². The molecule has 1 amide bonds. The lowest BCUT2D eigenvalue weighted by Gasteiger charge is -2.09. The van der Waals surface area contributed by atoms with E-state index in [-0.39, 0.29) is 17.1 Å². The number of amides is 1. The molecule has 0 aliphatic carbocycles. The van der Waals surface area contributed by atoms with Gasteiger partial charge in [-0.25, -0.2) is 8.78 Å². The van der Waals surface area contributed by atoms with Crippen LogP contribution in [-0.4, -0.2) is 13.0 Å². The van der Waals surface area contributed by atoms with Gasteiger partial charge in [-0.2, -0.15) is 0 Å². The third kappa shape index (κ3) is 3.17. The molecule has 3 N–H and O–H groups in total. The summed E-state index contributed by atoms with van der Waals surface area (Å²) in [5.41, 5.74) is 4.77. The van der Waals surface area contributed by atoms with Crippen molar-refractivity contribution in [1.82, 2.24) is 5.32 Å². The van der Waals surface area contributed by atoms with E-state index >= 15 is 0 Å². The number of hydrogen-bond acceptors (Lipinski definition) is 3. The molecule has 0 saturated carbocycles. The summed E-state index contributed by atoms with van der Waals surface area (Å²) in [7, 11) is 1.25. The number of ether oxygens (including phenoxy) is 1. The lowest BCUT2D eigenvalue weighted by atomic mass is 10.1. The van der Waals surface area contributed by atoms with Gasteiger partial charge >= 0.3 is 0 Å². The molecule has 0 aromatic heterocycles. The minimum atomic E-state index is -0.898. The highest BCUT2D eigenvalue weighted by molar-refractivity contribution is 5.80. The smallest absolute Gasteiger partial charge is 0.230 e. The Hall–Kier alpha value is -2.11. The van der Waals surface area contributed by atoms with Crippen molar-refractivity contribution >= 4 is 5.91 Å². The average molecular weight is 242 g/mol. The molecule has 0 fully saturated rings. The van der Waals surface area contributed by atoms with Crippen LogP contribution in [0.1, 0.15) is 5.56 Å². The van der Waals surface area contributed by atoms with E-state index in [1.165, 1.54) is 7.11 Å². The molecule has 4 nitrogen and oxygen atoms in total. The van der Waals surface area contributed by atoms with E-state index in [1.807, 2.05) is 0 Å². The minimum Gasteiger partial charge on any atom is -0.494 e. The van der Waals surface area contributed by atoms with Crippen LogP contribution in [0.5, 0.6) is 5.75 Å². The Kier molecular flexibility index (Phi) is 4.03. The molecule has 1 aromatic rings. The molecule has 1 aromatic carbocycles. The zero-order valence-corrected chi connectivity index (χ0v) is 9.22. The number of benzene rings is 1. The molecular formula is C11H12F2N2O2. The van der Waals surface area contributed by atoms with Crippen LogP contribution < -0.4 is 15.8 Å². The summed E-state index contributed by atoms with van der Waals surface area (Å²) in [6, 6.07) is 2.18. The second-order valence-corrected chi connectivity index (χ2v) is 3.29. The maximum absolute atomic E-state index is 13.6. The quantitative estimate of drug-likeness (QED) is 0.829. The maximum atomic E-state index is 13.6. The molecule has 0 radical (unpaired) electrons. The Morgan fingerprint density at radius 1 is 1.53 bits per heavy atom. The summed E-state index contributed by atoms with van der Waals surface area (Å²) >= 11 is 0. The van der Waals surface area contributed by atoms with E-state index in [1.54, 1.807) is 0 Å². The molecule has 17 heavy (non-hydrogen) atoms. The third-order valence-corrected chi connectivity index (χ3v) is 2.01. The second-order valence-electron chi connectivity index (χ2n) is 3.29. The predicted octanol–water partition coefficient (Wildman–Crippen LogP) is 1.06. The van der Waals surface area contributed by atoms with Crippen LogP contribution in [0, 0.1) is 11.6 Å². The first-order valence-corrected chi connectivity index (χ1v) is 4.70. The van der Waals surface area contributed by atoms with Crippen molar-refractivity contribution in [3.63, 3.8) is 0 Å². The van der Waals surface area contributed by atoms with Gasteiger partial charge in [-0.3, -0.25) is 4.79 Å². The van der Waals surface area contributed by atoms with Crippen LogP contribution in [0.2, 0.25) is 0 Å². The Morgan fingerprint density at radius 2 is 2.18 bits per heavy atom. The monoisotopic (exact) mass is 242 g/mol. The average Bonchev–Trinajstić information content (AvgIpc) is 2.23. The number of carbonyl (C=O) groups excluding carboxylic acids is 1. The number of carbonyl (C=O) groups is 1. The molecule has 92 valence electrons. The van der Waals surface area contributed by atoms with Crippen LogP contribution in [0.25, 0.3) is 0 Å². The highest BCUT2D eigenvalue weighted by atomic mass is 19.1. The number of halogens is 2. The van der Waals surface area contributed by atoms with Crippen LogP contribution in [0.4, 0.5) is 8.78 Å². The molecule has 0 aliphatic rings. The SMILES string of the molecule is C=C(N)NC(=O)Cc1c(F)ccc(OC)c1F. The topological polar surface area (TPSA) is 64.3 Å². The van der Waals surface area contributed by atoms with E-state index in [0.29, 0.717) is 0 Å². The van der Waals surface area contributed by atoms with Crippen molar-refractivity contribution in [2.45, 2.75) is 6.42 Å². The summed E-state index contributed by atoms with van der Waals surface area (Å²) in [6.07, 6.45) is -0.481. The van der Waals surface area contributed by atoms with E-state index in [4.69, 9.17) is 5.73 Å². The van der Waals surface area contributed by atoms with Crippen LogP contribution >= 0.6 is 0 Å². The fourth-order valence-electron chi connectivity index (χ4n) is 1.28. The molecule has 0 unspecified atom stereocenters. The Balaban J connectivity index is 2.97. The largest absolute Gasteiger partial charge is 0.494 e. The van der Waals surface area contributed by atoms with Gasteiger partial charge in [0.2, 0.25) is 5.91 Å². The minimum absolute atomic E-state index is 0.0845. The Morgan fingerprint density at radius 3 is 2.71 bits per heavy atom. The molecule has 0 heterocycles. The van der Waals surface area contributed by atoms with E-state index in [2.05, 4.69) is 16.6 Å². The van der Waals surface area contributed by atoms with Crippen molar-refractivity contribution in [2.24, 2.45) is 5.73 Å². The third-order valence-electron chi connectivity index (χ3n) is 2.01. The lowest BCUT2D eigenvalue weighted by Crippen LogP contribution is -2.28. The molecule has 1 rings (SSSR count). The molecule has 0 saturated heterocycles. The van der Waals surface area contributed by atoms with Gasteiger partial charge in [-0.1, -0.05) is 6.58 Å². The van der Waals surface area contributed by atoms with Gasteiger partial charge in [0.15, 0.2) is 11.6 Å². The molecule has 0 spiro atoms. The van der Waals surface area contributed by atoms with Gasteiger partial charge in [-0.15, -0.1) is 0 Å². The van der Waals surface area contributed by atoms with Gasteiger partial charge in [0.1, 0.15) is 5.82 Å². The van der Waals surface area contributed by atoms with Gasteiger partial charge in [0.05, 0.1) is 19.4 Å². The van der Waals surface area contributed by atoms with Crippen molar-refractivity contribution in [2.75, 3.05) is 7.11 Å². The lowest BCUT2D eigenvalue weighted by molar-refractivity contribution is -0.119. The summed E-state index contributed by atoms with van der Waals surface area (Å²) in [5.74, 6) is -2.57. The van der Waals surface area contributed by atoms with Crippen LogP contribution in [0.15, 0.2) is 24.5 Å². The van der Waals surface area contributed by atoms with Crippen molar-refractivity contribution < 1.29 is 18.3 Å². The fraction of sp³-hybridized carbons (Fsp3) is 0.182. The first-order valence-electron chi connectivity index (χ1n) is 4.70. The molecule has 0 bridgehead atoms. The maximum Gasteiger partial charge on any atom is 0.230 e. The zero-order chi connectivity index (χ0) is 13.0. The van der Waals surface area contributed by atoms with E-state index in [0.717, 1.165) is 12.1 Å². The van der Waals surface area contributed by atoms with Crippen LogP contribution in [0.3, 0.4) is 0 Å². The van der Waals surface area contributed by atoms with Gasteiger partial charge in [-0.05, 0) is 12.1 Å². The number of nitrogens with one attached hydrogen (secondary N) is 1. The van der Waals surface area contributed by atoms with E-state index in [9.17, 15) is 13.6 Å². The second kappa shape index (κ2) is 5.29. The van der Waals surface area contributed by atoms with Crippen molar-refractivity contribution in [3.8, 4) is 5.75 Å². The van der Waals surface area contributed by atoms with Crippen LogP contribution in [-0.2, 0) is 11.2 Å². The molecular weight excluding hydrogens is 230 g/mol. The standard InChI is InChI=1S/C11H12F2N2O2/c1-6(14)15-10(16)5-7-8(12)3-4-9(17-2)11(7)13/h3-4H,1,5,14H2,2H3,(H,15,16). The Labute approximate surface area is 97.1 Å². The Bertz CT molecular complexity index is 461. The number of hydrogen-bond donors (Lipinski definition) is 2. The molecule has 6 heteroatoms. The van der Waals surface area contributed by atoms with Gasteiger partial charge in [0, 0.05) is 5.56 Å². The number of rotatable bonds is 4. The zero-order valence-electron chi connectivity index (χ0n) is 9.22. The number of methoxy groups -OCH3 is 1. The van der Waals surface area contributed by atoms with Gasteiger partial charge < -0.3 is 15.8 Å². The normalized spacial score (nSPS) is 9.82. The van der Waals surface area contributed by atoms with E-state index < -0.39 is 24.0 Å². The highest BCUT2D eigenvalue weighted by Gasteiger charge is 2.17. The highest BCUT2D eigenvalue weighted by Crippen LogP contribution is 2.23. The fourth-order valence-corrected chi connectivity index (χ4v) is 1.28. The molecule has 0 aliphatic heterocycles. The predicted molar refractivity (Wildman–Crippen MR) is 58.1 cm³/mol. The first kappa shape index (κ1) is 13.0. The summed E-state index contributed by atoms with van der Waals surface area (Å²) in [6.45, 7) is 3.25. The first-order chi connectivity index (χ1) is 7.95. The summed E-state index contributed by atoms with van der Waals surface area (Å²) in [4.78, 5) is 11.3. The van der Waals surface area contributed by atoms with Crippen molar-refractivity contribution in [1.29, 1.82) is 0 Å². The molecule has 0 atom stereocenters.